The monoisotopic (exact) mass is 332 g/mol. The van der Waals surface area contributed by atoms with Crippen molar-refractivity contribution in [2.45, 2.75) is 13.5 Å². The van der Waals surface area contributed by atoms with Crippen LogP contribution in [0.15, 0.2) is 46.9 Å². The van der Waals surface area contributed by atoms with Gasteiger partial charge in [-0.15, -0.1) is 0 Å². The number of nitrogens with one attached hydrogen (secondary N) is 1. The molecule has 0 spiro atoms. The molecule has 0 bridgehead atoms. The quantitative estimate of drug-likeness (QED) is 0.667. The molecule has 0 amide bonds. The Kier molecular flexibility index (Phi) is 3.29. The van der Waals surface area contributed by atoms with Gasteiger partial charge in [-0.2, -0.15) is 0 Å². The van der Waals surface area contributed by atoms with Gasteiger partial charge in [-0.3, -0.25) is 0 Å². The number of aromatic amines is 1. The van der Waals surface area contributed by atoms with Crippen molar-refractivity contribution >= 4 is 39.2 Å². The molecule has 2 aromatic carbocycles. The Morgan fingerprint density at radius 1 is 1.21 bits per heavy atom. The Hall–Kier alpha value is -1.39. The second-order valence-electron chi connectivity index (χ2n) is 4.67. The first-order valence-corrected chi connectivity index (χ1v) is 7.27. The Balaban J connectivity index is 2.10. The Morgan fingerprint density at radius 3 is 2.84 bits per heavy atom. The van der Waals surface area contributed by atoms with Crippen molar-refractivity contribution in [1.82, 2.24) is 9.55 Å². The fourth-order valence-electron chi connectivity index (χ4n) is 2.29. The van der Waals surface area contributed by atoms with E-state index in [1.54, 1.807) is 0 Å². The van der Waals surface area contributed by atoms with Crippen LogP contribution < -0.4 is 0 Å². The molecular weight excluding hydrogens is 320 g/mol. The van der Waals surface area contributed by atoms with Gasteiger partial charge < -0.3 is 9.55 Å². The van der Waals surface area contributed by atoms with Gasteiger partial charge in [0.25, 0.3) is 0 Å². The fourth-order valence-corrected chi connectivity index (χ4v) is 2.92. The smallest absolute Gasteiger partial charge is 0.178 e. The molecule has 0 aliphatic heterocycles. The summed E-state index contributed by atoms with van der Waals surface area (Å²) in [4.78, 5) is 3.25. The fraction of sp³-hybridized carbons (Fsp3) is 0.133. The average Bonchev–Trinajstić information content (AvgIpc) is 2.65. The lowest BCUT2D eigenvalue weighted by molar-refractivity contribution is 0.809. The Bertz CT molecular complexity index is 801. The van der Waals surface area contributed by atoms with Crippen LogP contribution in [0.2, 0.25) is 0 Å². The summed E-state index contributed by atoms with van der Waals surface area (Å²) < 4.78 is 3.94. The third kappa shape index (κ3) is 2.51. The number of aryl methyl sites for hydroxylation is 1. The SMILES string of the molecule is Cc1cccc(Cn2c(=S)[nH]c3cc(Br)ccc32)c1. The Labute approximate surface area is 125 Å². The third-order valence-electron chi connectivity index (χ3n) is 3.16. The molecule has 1 heterocycles. The molecule has 2 nitrogen and oxygen atoms in total. The van der Waals surface area contributed by atoms with E-state index in [1.807, 2.05) is 6.07 Å². The second kappa shape index (κ2) is 4.94. The minimum atomic E-state index is 0.759. The van der Waals surface area contributed by atoms with E-state index in [0.29, 0.717) is 0 Å². The van der Waals surface area contributed by atoms with Crippen LogP contribution in [0.4, 0.5) is 0 Å². The molecule has 0 aliphatic carbocycles. The van der Waals surface area contributed by atoms with Crippen LogP contribution in [0.1, 0.15) is 11.1 Å². The van der Waals surface area contributed by atoms with Crippen molar-refractivity contribution in [2.24, 2.45) is 0 Å². The summed E-state index contributed by atoms with van der Waals surface area (Å²) in [6.45, 7) is 2.90. The van der Waals surface area contributed by atoms with Gasteiger partial charge in [-0.05, 0) is 42.9 Å². The number of hydrogen-bond donors (Lipinski definition) is 1. The highest BCUT2D eigenvalue weighted by Crippen LogP contribution is 2.20. The van der Waals surface area contributed by atoms with Gasteiger partial charge in [-0.1, -0.05) is 45.8 Å². The lowest BCUT2D eigenvalue weighted by atomic mass is 10.1. The van der Waals surface area contributed by atoms with Crippen LogP contribution in [-0.2, 0) is 6.54 Å². The zero-order valence-corrected chi connectivity index (χ0v) is 12.9. The number of fused-ring (bicyclic) bond motifs is 1. The normalized spacial score (nSPS) is 11.1. The predicted molar refractivity (Wildman–Crippen MR) is 85.1 cm³/mol. The number of nitrogens with zero attached hydrogens (tertiary/aromatic N) is 1. The van der Waals surface area contributed by atoms with Gasteiger partial charge in [0.2, 0.25) is 0 Å². The van der Waals surface area contributed by atoms with Gasteiger partial charge in [0, 0.05) is 4.47 Å². The maximum absolute atomic E-state index is 5.42. The van der Waals surface area contributed by atoms with E-state index in [1.165, 1.54) is 11.1 Å². The van der Waals surface area contributed by atoms with Crippen molar-refractivity contribution in [3.05, 3.63) is 62.8 Å². The lowest BCUT2D eigenvalue weighted by Crippen LogP contribution is -1.99. The topological polar surface area (TPSA) is 20.7 Å². The zero-order valence-electron chi connectivity index (χ0n) is 10.5. The van der Waals surface area contributed by atoms with Crippen LogP contribution in [0.5, 0.6) is 0 Å². The average molecular weight is 333 g/mol. The maximum atomic E-state index is 5.42. The summed E-state index contributed by atoms with van der Waals surface area (Å²) >= 11 is 8.90. The summed E-state index contributed by atoms with van der Waals surface area (Å²) in [5.74, 6) is 0. The molecule has 96 valence electrons. The molecule has 1 N–H and O–H groups in total. The highest BCUT2D eigenvalue weighted by atomic mass is 79.9. The summed E-state index contributed by atoms with van der Waals surface area (Å²) in [7, 11) is 0. The van der Waals surface area contributed by atoms with Gasteiger partial charge in [0.15, 0.2) is 4.77 Å². The largest absolute Gasteiger partial charge is 0.331 e. The van der Waals surface area contributed by atoms with Crippen LogP contribution in [0, 0.1) is 11.7 Å². The number of hydrogen-bond acceptors (Lipinski definition) is 1. The second-order valence-corrected chi connectivity index (χ2v) is 5.97. The highest BCUT2D eigenvalue weighted by Gasteiger charge is 2.05. The van der Waals surface area contributed by atoms with Crippen molar-refractivity contribution in [3.63, 3.8) is 0 Å². The third-order valence-corrected chi connectivity index (χ3v) is 3.98. The molecule has 19 heavy (non-hydrogen) atoms. The summed E-state index contributed by atoms with van der Waals surface area (Å²) in [6, 6.07) is 14.7. The molecular formula is C15H13BrN2S. The maximum Gasteiger partial charge on any atom is 0.178 e. The number of benzene rings is 2. The first-order chi connectivity index (χ1) is 9.13. The number of imidazole rings is 1. The number of rotatable bonds is 2. The van der Waals surface area contributed by atoms with Gasteiger partial charge >= 0.3 is 0 Å². The van der Waals surface area contributed by atoms with Crippen LogP contribution in [-0.4, -0.2) is 9.55 Å². The highest BCUT2D eigenvalue weighted by molar-refractivity contribution is 9.10. The molecule has 0 saturated heterocycles. The first kappa shape index (κ1) is 12.6. The molecule has 0 unspecified atom stereocenters. The molecule has 0 aliphatic rings. The minimum Gasteiger partial charge on any atom is -0.331 e. The molecule has 3 aromatic rings. The van der Waals surface area contributed by atoms with Crippen molar-refractivity contribution < 1.29 is 0 Å². The summed E-state index contributed by atoms with van der Waals surface area (Å²) in [6.07, 6.45) is 0. The predicted octanol–water partition coefficient (Wildman–Crippen LogP) is 4.82. The van der Waals surface area contributed by atoms with E-state index < -0.39 is 0 Å². The van der Waals surface area contributed by atoms with Crippen molar-refractivity contribution in [3.8, 4) is 0 Å². The molecule has 3 rings (SSSR count). The van der Waals surface area contributed by atoms with E-state index in [9.17, 15) is 0 Å². The molecule has 0 atom stereocenters. The number of H-pyrrole nitrogens is 1. The summed E-state index contributed by atoms with van der Waals surface area (Å²) in [5.41, 5.74) is 4.73. The van der Waals surface area contributed by atoms with Gasteiger partial charge in [0.05, 0.1) is 17.6 Å². The zero-order chi connectivity index (χ0) is 13.4. The van der Waals surface area contributed by atoms with E-state index in [2.05, 4.69) is 68.8 Å². The summed E-state index contributed by atoms with van der Waals surface area (Å²) in [5, 5.41) is 0. The number of halogens is 1. The van der Waals surface area contributed by atoms with Gasteiger partial charge in [-0.25, -0.2) is 0 Å². The minimum absolute atomic E-state index is 0.759. The van der Waals surface area contributed by atoms with E-state index in [-0.39, 0.29) is 0 Å². The van der Waals surface area contributed by atoms with E-state index in [0.717, 1.165) is 26.8 Å². The Morgan fingerprint density at radius 2 is 2.05 bits per heavy atom. The van der Waals surface area contributed by atoms with Crippen LogP contribution in [0.3, 0.4) is 0 Å². The van der Waals surface area contributed by atoms with E-state index in [4.69, 9.17) is 12.2 Å². The molecule has 0 saturated carbocycles. The lowest BCUT2D eigenvalue weighted by Gasteiger charge is -2.06. The van der Waals surface area contributed by atoms with Crippen LogP contribution >= 0.6 is 28.1 Å². The molecule has 0 radical (unpaired) electrons. The number of aromatic nitrogens is 2. The van der Waals surface area contributed by atoms with E-state index >= 15 is 0 Å². The molecule has 1 aromatic heterocycles. The van der Waals surface area contributed by atoms with Crippen LogP contribution in [0.25, 0.3) is 11.0 Å². The first-order valence-electron chi connectivity index (χ1n) is 6.07. The van der Waals surface area contributed by atoms with Crippen molar-refractivity contribution in [1.29, 1.82) is 0 Å². The standard InChI is InChI=1S/C15H13BrN2S/c1-10-3-2-4-11(7-10)9-18-14-6-5-12(16)8-13(14)17-15(18)19/h2-8H,9H2,1H3,(H,17,19). The van der Waals surface area contributed by atoms with Crippen molar-refractivity contribution in [2.75, 3.05) is 0 Å². The van der Waals surface area contributed by atoms with Gasteiger partial charge in [0.1, 0.15) is 0 Å². The molecule has 0 fully saturated rings. The molecule has 4 heteroatoms.